The van der Waals surface area contributed by atoms with E-state index in [0.29, 0.717) is 10.1 Å². The zero-order valence-corrected chi connectivity index (χ0v) is 11.5. The fourth-order valence-electron chi connectivity index (χ4n) is 1.37. The molecule has 5 nitrogen and oxygen atoms in total. The number of hydrogen-bond acceptors (Lipinski definition) is 5. The normalized spacial score (nSPS) is 11.8. The van der Waals surface area contributed by atoms with Crippen molar-refractivity contribution in [2.24, 2.45) is 10.2 Å². The molecule has 0 aliphatic carbocycles. The number of rotatable bonds is 3. The summed E-state index contributed by atoms with van der Waals surface area (Å²) in [6.45, 7) is 1.34. The maximum absolute atomic E-state index is 12.5. The van der Waals surface area contributed by atoms with E-state index in [2.05, 4.69) is 20.5 Å². The molecule has 21 heavy (non-hydrogen) atoms. The van der Waals surface area contributed by atoms with Crippen molar-refractivity contribution in [3.05, 3.63) is 36.0 Å². The second-order valence-electron chi connectivity index (χ2n) is 3.93. The minimum absolute atomic E-state index is 0.0827. The van der Waals surface area contributed by atoms with Gasteiger partial charge in [0.05, 0.1) is 17.4 Å². The molecule has 1 aromatic carbocycles. The van der Waals surface area contributed by atoms with Crippen molar-refractivity contribution in [2.75, 3.05) is 5.32 Å². The Balaban J connectivity index is 2.14. The Bertz CT molecular complexity index is 681. The summed E-state index contributed by atoms with van der Waals surface area (Å²) in [6.07, 6.45) is -3.05. The molecule has 0 radical (unpaired) electrons. The zero-order chi connectivity index (χ0) is 15.5. The van der Waals surface area contributed by atoms with Crippen LogP contribution in [0.5, 0.6) is 0 Å². The molecule has 0 unspecified atom stereocenters. The third-order valence-electron chi connectivity index (χ3n) is 2.21. The molecule has 1 N–H and O–H groups in total. The van der Waals surface area contributed by atoms with Crippen molar-refractivity contribution in [3.63, 3.8) is 0 Å². The molecule has 110 valence electrons. The minimum Gasteiger partial charge on any atom is -0.302 e. The van der Waals surface area contributed by atoms with Crippen LogP contribution < -0.4 is 5.32 Å². The topological polar surface area (TPSA) is 66.7 Å². The fraction of sp³-hybridized carbons (Fsp3) is 0.167. The highest BCUT2D eigenvalue weighted by atomic mass is 32.1. The van der Waals surface area contributed by atoms with Gasteiger partial charge in [-0.15, -0.1) is 10.2 Å². The molecule has 1 amide bonds. The Kier molecular flexibility index (Phi) is 4.32. The quantitative estimate of drug-likeness (QED) is 0.845. The van der Waals surface area contributed by atoms with Crippen molar-refractivity contribution >= 4 is 33.1 Å². The van der Waals surface area contributed by atoms with Crippen LogP contribution in [0.25, 0.3) is 0 Å². The summed E-state index contributed by atoms with van der Waals surface area (Å²) >= 11 is 1.06. The third-order valence-corrected chi connectivity index (χ3v) is 3.01. The minimum atomic E-state index is -4.42. The summed E-state index contributed by atoms with van der Waals surface area (Å²) < 4.78 is 37.6. The van der Waals surface area contributed by atoms with Gasteiger partial charge >= 0.3 is 6.18 Å². The highest BCUT2D eigenvalue weighted by Gasteiger charge is 2.30. The monoisotopic (exact) mass is 314 g/mol. The lowest BCUT2D eigenvalue weighted by atomic mass is 10.2. The average Bonchev–Trinajstić information content (AvgIpc) is 2.82. The molecule has 1 heterocycles. The molecule has 9 heteroatoms. The summed E-state index contributed by atoms with van der Waals surface area (Å²) in [5, 5.41) is 10.7. The number of hydrogen-bond donors (Lipinski definition) is 1. The highest BCUT2D eigenvalue weighted by molar-refractivity contribution is 7.19. The van der Waals surface area contributed by atoms with Crippen LogP contribution in [0.3, 0.4) is 0 Å². The lowest BCUT2D eigenvalue weighted by Gasteiger charge is -2.05. The number of halogens is 3. The van der Waals surface area contributed by atoms with Crippen molar-refractivity contribution in [3.8, 4) is 0 Å². The van der Waals surface area contributed by atoms with Crippen molar-refractivity contribution in [1.82, 2.24) is 4.98 Å². The van der Waals surface area contributed by atoms with E-state index in [0.717, 1.165) is 23.5 Å². The number of azo groups is 1. The van der Waals surface area contributed by atoms with E-state index < -0.39 is 11.7 Å². The van der Waals surface area contributed by atoms with Crippen LogP contribution in [0.2, 0.25) is 0 Å². The largest absolute Gasteiger partial charge is 0.416 e. The van der Waals surface area contributed by atoms with Crippen LogP contribution >= 0.6 is 11.3 Å². The van der Waals surface area contributed by atoms with Gasteiger partial charge in [0.1, 0.15) is 0 Å². The van der Waals surface area contributed by atoms with Crippen LogP contribution in [0.4, 0.5) is 29.0 Å². The van der Waals surface area contributed by atoms with E-state index in [4.69, 9.17) is 0 Å². The van der Waals surface area contributed by atoms with Gasteiger partial charge in [-0.3, -0.25) is 4.79 Å². The Morgan fingerprint density at radius 2 is 2.10 bits per heavy atom. The SMILES string of the molecule is CC(=O)Nc1ncc(N=Nc2cccc(C(F)(F)F)c2)s1. The molecule has 0 fully saturated rings. The summed E-state index contributed by atoms with van der Waals surface area (Å²) in [4.78, 5) is 14.7. The first-order chi connectivity index (χ1) is 9.84. The van der Waals surface area contributed by atoms with E-state index in [1.165, 1.54) is 25.3 Å². The van der Waals surface area contributed by atoms with Crippen LogP contribution in [-0.2, 0) is 11.0 Å². The maximum atomic E-state index is 12.5. The molecule has 0 atom stereocenters. The van der Waals surface area contributed by atoms with Gasteiger partial charge in [-0.25, -0.2) is 4.98 Å². The molecule has 0 spiro atoms. The molecule has 0 bridgehead atoms. The number of benzene rings is 1. The van der Waals surface area contributed by atoms with E-state index in [-0.39, 0.29) is 11.6 Å². The van der Waals surface area contributed by atoms with Crippen LogP contribution in [0.15, 0.2) is 40.7 Å². The highest BCUT2D eigenvalue weighted by Crippen LogP contribution is 2.32. The van der Waals surface area contributed by atoms with Crippen molar-refractivity contribution < 1.29 is 18.0 Å². The number of thiazole rings is 1. The lowest BCUT2D eigenvalue weighted by Crippen LogP contribution is -2.04. The molecule has 0 saturated carbocycles. The number of aromatic nitrogens is 1. The number of carbonyl (C=O) groups excluding carboxylic acids is 1. The second kappa shape index (κ2) is 6.00. The Morgan fingerprint density at radius 3 is 2.76 bits per heavy atom. The molecule has 2 rings (SSSR count). The van der Waals surface area contributed by atoms with Gasteiger partial charge in [0, 0.05) is 6.92 Å². The van der Waals surface area contributed by atoms with E-state index in [1.54, 1.807) is 0 Å². The third kappa shape index (κ3) is 4.35. The van der Waals surface area contributed by atoms with Gasteiger partial charge in [-0.05, 0) is 18.2 Å². The van der Waals surface area contributed by atoms with E-state index >= 15 is 0 Å². The Labute approximate surface area is 121 Å². The van der Waals surface area contributed by atoms with E-state index in [9.17, 15) is 18.0 Å². The number of alkyl halides is 3. The van der Waals surface area contributed by atoms with Crippen molar-refractivity contribution in [1.29, 1.82) is 0 Å². The number of nitrogens with one attached hydrogen (secondary N) is 1. The smallest absolute Gasteiger partial charge is 0.302 e. The summed E-state index contributed by atoms with van der Waals surface area (Å²) in [5.74, 6) is -0.272. The number of carbonyl (C=O) groups is 1. The molecule has 0 aliphatic rings. The lowest BCUT2D eigenvalue weighted by molar-refractivity contribution is -0.137. The average molecular weight is 314 g/mol. The number of amides is 1. The number of nitrogens with zero attached hydrogens (tertiary/aromatic N) is 3. The van der Waals surface area contributed by atoms with Crippen LogP contribution in [-0.4, -0.2) is 10.9 Å². The van der Waals surface area contributed by atoms with Crippen LogP contribution in [0, 0.1) is 0 Å². The Hall–Kier alpha value is -2.29. The second-order valence-corrected chi connectivity index (χ2v) is 4.94. The van der Waals surface area contributed by atoms with Gasteiger partial charge in [-0.2, -0.15) is 13.2 Å². The zero-order valence-electron chi connectivity index (χ0n) is 10.7. The van der Waals surface area contributed by atoms with Crippen LogP contribution in [0.1, 0.15) is 12.5 Å². The maximum Gasteiger partial charge on any atom is 0.416 e. The molecule has 1 aromatic heterocycles. The first kappa shape index (κ1) is 15.1. The fourth-order valence-corrected chi connectivity index (χ4v) is 2.06. The molecular weight excluding hydrogens is 305 g/mol. The molecular formula is C12H9F3N4OS. The van der Waals surface area contributed by atoms with Crippen molar-refractivity contribution in [2.45, 2.75) is 13.1 Å². The molecule has 0 saturated heterocycles. The summed E-state index contributed by atoms with van der Waals surface area (Å²) in [7, 11) is 0. The Morgan fingerprint density at radius 1 is 1.33 bits per heavy atom. The first-order valence-electron chi connectivity index (χ1n) is 5.67. The predicted molar refractivity (Wildman–Crippen MR) is 72.0 cm³/mol. The number of anilines is 1. The standard InChI is InChI=1S/C12H9F3N4OS/c1-7(20)17-11-16-6-10(21-11)19-18-9-4-2-3-8(5-9)12(13,14)15/h2-6H,1H3,(H,16,17,20). The van der Waals surface area contributed by atoms with E-state index in [1.807, 2.05) is 0 Å². The van der Waals surface area contributed by atoms with Gasteiger partial charge in [0.15, 0.2) is 10.1 Å². The van der Waals surface area contributed by atoms with Gasteiger partial charge in [0.2, 0.25) is 5.91 Å². The van der Waals surface area contributed by atoms with Gasteiger partial charge in [0.25, 0.3) is 0 Å². The predicted octanol–water partition coefficient (Wildman–Crippen LogP) is 4.54. The van der Waals surface area contributed by atoms with Gasteiger partial charge in [-0.1, -0.05) is 17.4 Å². The first-order valence-corrected chi connectivity index (χ1v) is 6.48. The summed E-state index contributed by atoms with van der Waals surface area (Å²) in [5.41, 5.74) is -0.707. The van der Waals surface area contributed by atoms with Gasteiger partial charge < -0.3 is 5.32 Å². The molecule has 0 aliphatic heterocycles. The summed E-state index contributed by atoms with van der Waals surface area (Å²) in [6, 6.07) is 4.53. The molecule has 2 aromatic rings.